The highest BCUT2D eigenvalue weighted by atomic mass is 16.1. The fraction of sp³-hybridized carbons (Fsp3) is 0.409. The minimum absolute atomic E-state index is 0.103. The Labute approximate surface area is 155 Å². The first-order valence-electron chi connectivity index (χ1n) is 9.66. The van der Waals surface area contributed by atoms with Gasteiger partial charge in [0.05, 0.1) is 5.92 Å². The van der Waals surface area contributed by atoms with Crippen LogP contribution in [-0.4, -0.2) is 41.5 Å². The molecule has 0 saturated carbocycles. The second kappa shape index (κ2) is 7.12. The molecule has 26 heavy (non-hydrogen) atoms. The highest BCUT2D eigenvalue weighted by Gasteiger charge is 2.36. The van der Waals surface area contributed by atoms with Crippen LogP contribution in [0.25, 0.3) is 16.5 Å². The van der Waals surface area contributed by atoms with Gasteiger partial charge in [-0.2, -0.15) is 0 Å². The van der Waals surface area contributed by atoms with Crippen molar-refractivity contribution in [3.05, 3.63) is 54.3 Å². The first kappa shape index (κ1) is 17.1. The van der Waals surface area contributed by atoms with Gasteiger partial charge < -0.3 is 10.3 Å². The highest BCUT2D eigenvalue weighted by Crippen LogP contribution is 2.41. The zero-order valence-electron chi connectivity index (χ0n) is 15.4. The number of amides is 1. The summed E-state index contributed by atoms with van der Waals surface area (Å²) in [6.07, 6.45) is 9.41. The third-order valence-electron chi connectivity index (χ3n) is 5.65. The van der Waals surface area contributed by atoms with Crippen molar-refractivity contribution >= 4 is 22.4 Å². The van der Waals surface area contributed by atoms with Gasteiger partial charge in [0.1, 0.15) is 0 Å². The van der Waals surface area contributed by atoms with Crippen LogP contribution in [-0.2, 0) is 11.2 Å². The molecule has 1 aromatic heterocycles. The molecule has 4 nitrogen and oxygen atoms in total. The van der Waals surface area contributed by atoms with Gasteiger partial charge in [0, 0.05) is 42.8 Å². The summed E-state index contributed by atoms with van der Waals surface area (Å²) in [5.74, 6) is 0.0410. The molecule has 2 atom stereocenters. The van der Waals surface area contributed by atoms with Crippen LogP contribution in [0.2, 0.25) is 0 Å². The summed E-state index contributed by atoms with van der Waals surface area (Å²) in [7, 11) is 0. The standard InChI is InChI=1S/C22H27N3O/c1-3-5-9-23-22(26)16-11-18-17-7-6-8-19-21(17)15(13-24-19)12-20(18)25(14-16)10-4-2/h4,6-8,11,13,16,20,24H,2-3,5,9-10,12,14H2,1H3,(H,23,26). The number of fused-ring (bicyclic) bond motifs is 2. The summed E-state index contributed by atoms with van der Waals surface area (Å²) in [5, 5.41) is 4.43. The van der Waals surface area contributed by atoms with Crippen LogP contribution in [0.5, 0.6) is 0 Å². The number of H-pyrrole nitrogens is 1. The molecule has 2 N–H and O–H groups in total. The summed E-state index contributed by atoms with van der Waals surface area (Å²) >= 11 is 0. The van der Waals surface area contributed by atoms with Crippen molar-refractivity contribution in [1.29, 1.82) is 0 Å². The molecule has 136 valence electrons. The number of hydrogen-bond acceptors (Lipinski definition) is 2. The molecule has 2 aromatic rings. The lowest BCUT2D eigenvalue weighted by molar-refractivity contribution is -0.124. The Hall–Kier alpha value is -2.33. The summed E-state index contributed by atoms with van der Waals surface area (Å²) in [6, 6.07) is 6.75. The van der Waals surface area contributed by atoms with E-state index >= 15 is 0 Å². The van der Waals surface area contributed by atoms with Crippen LogP contribution in [0.1, 0.15) is 30.9 Å². The fourth-order valence-electron chi connectivity index (χ4n) is 4.38. The third kappa shape index (κ3) is 2.88. The van der Waals surface area contributed by atoms with Crippen molar-refractivity contribution in [2.45, 2.75) is 32.2 Å². The van der Waals surface area contributed by atoms with E-state index in [-0.39, 0.29) is 11.8 Å². The topological polar surface area (TPSA) is 48.1 Å². The average Bonchev–Trinajstić information content (AvgIpc) is 3.07. The van der Waals surface area contributed by atoms with E-state index < -0.39 is 0 Å². The van der Waals surface area contributed by atoms with E-state index in [0.29, 0.717) is 6.04 Å². The molecular formula is C22H27N3O. The van der Waals surface area contributed by atoms with Gasteiger partial charge in [-0.05, 0) is 35.6 Å². The first-order chi connectivity index (χ1) is 12.7. The maximum atomic E-state index is 12.7. The maximum Gasteiger partial charge on any atom is 0.228 e. The Morgan fingerprint density at radius 3 is 3.15 bits per heavy atom. The molecule has 1 aliphatic heterocycles. The first-order valence-corrected chi connectivity index (χ1v) is 9.66. The molecule has 0 fully saturated rings. The number of nitrogens with one attached hydrogen (secondary N) is 2. The molecule has 0 saturated heterocycles. The van der Waals surface area contributed by atoms with E-state index in [2.05, 4.69) is 59.2 Å². The van der Waals surface area contributed by atoms with Gasteiger partial charge in [0.15, 0.2) is 0 Å². The third-order valence-corrected chi connectivity index (χ3v) is 5.65. The zero-order valence-corrected chi connectivity index (χ0v) is 15.4. The number of carbonyl (C=O) groups is 1. The second-order valence-electron chi connectivity index (χ2n) is 7.38. The van der Waals surface area contributed by atoms with Crippen molar-refractivity contribution in [2.75, 3.05) is 19.6 Å². The van der Waals surface area contributed by atoms with E-state index in [4.69, 9.17) is 0 Å². The van der Waals surface area contributed by atoms with Crippen LogP contribution in [0.3, 0.4) is 0 Å². The molecule has 0 bridgehead atoms. The van der Waals surface area contributed by atoms with Crippen LogP contribution in [0, 0.1) is 5.92 Å². The van der Waals surface area contributed by atoms with E-state index in [1.54, 1.807) is 0 Å². The van der Waals surface area contributed by atoms with Gasteiger partial charge in [-0.3, -0.25) is 9.69 Å². The lowest BCUT2D eigenvalue weighted by Crippen LogP contribution is -2.48. The molecule has 2 heterocycles. The van der Waals surface area contributed by atoms with Crippen LogP contribution in [0.15, 0.2) is 43.1 Å². The van der Waals surface area contributed by atoms with Crippen LogP contribution in [0.4, 0.5) is 0 Å². The van der Waals surface area contributed by atoms with Crippen molar-refractivity contribution in [2.24, 2.45) is 5.92 Å². The van der Waals surface area contributed by atoms with Gasteiger partial charge in [-0.1, -0.05) is 37.6 Å². The number of benzene rings is 1. The van der Waals surface area contributed by atoms with Gasteiger partial charge in [0.2, 0.25) is 5.91 Å². The molecular weight excluding hydrogens is 322 g/mol. The Bertz CT molecular complexity index is 863. The molecule has 1 aromatic carbocycles. The van der Waals surface area contributed by atoms with E-state index in [1.165, 1.54) is 27.6 Å². The van der Waals surface area contributed by atoms with E-state index in [9.17, 15) is 4.79 Å². The van der Waals surface area contributed by atoms with Gasteiger partial charge in [-0.25, -0.2) is 0 Å². The monoisotopic (exact) mass is 349 g/mol. The van der Waals surface area contributed by atoms with Crippen molar-refractivity contribution in [3.63, 3.8) is 0 Å². The maximum absolute atomic E-state index is 12.7. The average molecular weight is 349 g/mol. The predicted octanol–water partition coefficient (Wildman–Crippen LogP) is 3.51. The number of aromatic amines is 1. The molecule has 2 unspecified atom stereocenters. The molecule has 0 radical (unpaired) electrons. The van der Waals surface area contributed by atoms with Crippen molar-refractivity contribution < 1.29 is 4.79 Å². The molecule has 0 spiro atoms. The quantitative estimate of drug-likeness (QED) is 0.619. The largest absolute Gasteiger partial charge is 0.361 e. The van der Waals surface area contributed by atoms with Crippen LogP contribution >= 0.6 is 0 Å². The minimum Gasteiger partial charge on any atom is -0.361 e. The van der Waals surface area contributed by atoms with Gasteiger partial charge in [-0.15, -0.1) is 6.58 Å². The lowest BCUT2D eigenvalue weighted by Gasteiger charge is -2.41. The smallest absolute Gasteiger partial charge is 0.228 e. The Kier molecular flexibility index (Phi) is 4.68. The number of carbonyl (C=O) groups excluding carboxylic acids is 1. The molecule has 2 aliphatic rings. The normalized spacial score (nSPS) is 22.0. The predicted molar refractivity (Wildman–Crippen MR) is 107 cm³/mol. The van der Waals surface area contributed by atoms with Crippen molar-refractivity contribution in [3.8, 4) is 0 Å². The molecule has 4 rings (SSSR count). The summed E-state index contributed by atoms with van der Waals surface area (Å²) in [6.45, 7) is 8.39. The molecule has 1 amide bonds. The Morgan fingerprint density at radius 1 is 1.46 bits per heavy atom. The van der Waals surface area contributed by atoms with Gasteiger partial charge >= 0.3 is 0 Å². The van der Waals surface area contributed by atoms with Crippen LogP contribution < -0.4 is 5.32 Å². The SMILES string of the molecule is C=CCN1CC(C(=O)NCCCC)C=C2c3cccc4[nH]cc(c34)CC21. The Morgan fingerprint density at radius 2 is 2.35 bits per heavy atom. The van der Waals surface area contributed by atoms with Gasteiger partial charge in [0.25, 0.3) is 0 Å². The second-order valence-corrected chi connectivity index (χ2v) is 7.38. The van der Waals surface area contributed by atoms with E-state index in [0.717, 1.165) is 38.9 Å². The van der Waals surface area contributed by atoms with E-state index in [1.807, 2.05) is 6.08 Å². The number of aromatic nitrogens is 1. The summed E-state index contributed by atoms with van der Waals surface area (Å²) in [5.41, 5.74) is 5.13. The number of nitrogens with zero attached hydrogens (tertiary/aromatic N) is 1. The number of rotatable bonds is 6. The number of unbranched alkanes of at least 4 members (excludes halogenated alkanes) is 1. The minimum atomic E-state index is -0.103. The zero-order chi connectivity index (χ0) is 18.1. The Balaban J connectivity index is 1.72. The molecule has 1 aliphatic carbocycles. The fourth-order valence-corrected chi connectivity index (χ4v) is 4.38. The van der Waals surface area contributed by atoms with Crippen molar-refractivity contribution in [1.82, 2.24) is 15.2 Å². The summed E-state index contributed by atoms with van der Waals surface area (Å²) < 4.78 is 0. The molecule has 4 heteroatoms. The lowest BCUT2D eigenvalue weighted by atomic mass is 9.79. The number of hydrogen-bond donors (Lipinski definition) is 2. The highest BCUT2D eigenvalue weighted by molar-refractivity contribution is 5.99. The summed E-state index contributed by atoms with van der Waals surface area (Å²) in [4.78, 5) is 18.5.